The molecule has 0 aromatic carbocycles. The number of anilines is 1. The van der Waals surface area contributed by atoms with Gasteiger partial charge in [0, 0.05) is 11.4 Å². The highest BCUT2D eigenvalue weighted by Crippen LogP contribution is 2.31. The monoisotopic (exact) mass is 250 g/mol. The molecule has 0 saturated heterocycles. The fraction of sp³-hybridized carbons (Fsp3) is 0.333. The Hall–Kier alpha value is -1.43. The third kappa shape index (κ3) is 2.57. The Morgan fingerprint density at radius 2 is 2.25 bits per heavy atom. The predicted molar refractivity (Wildman–Crippen MR) is 54.5 cm³/mol. The van der Waals surface area contributed by atoms with Gasteiger partial charge in [0.2, 0.25) is 0 Å². The zero-order valence-corrected chi connectivity index (χ0v) is 8.84. The molecule has 4 nitrogen and oxygen atoms in total. The van der Waals surface area contributed by atoms with Gasteiger partial charge in [-0.2, -0.15) is 0 Å². The van der Waals surface area contributed by atoms with Crippen LogP contribution in [0.3, 0.4) is 0 Å². The number of carbonyl (C=O) groups is 1. The van der Waals surface area contributed by atoms with E-state index in [0.717, 1.165) is 6.20 Å². The summed E-state index contributed by atoms with van der Waals surface area (Å²) in [6.45, 7) is 0. The minimum absolute atomic E-state index is 0.000864. The molecule has 0 radical (unpaired) electrons. The number of nitrogen functional groups attached to an aromatic ring is 1. The summed E-state index contributed by atoms with van der Waals surface area (Å²) in [5.41, 5.74) is 4.76. The molecule has 0 aliphatic heterocycles. The van der Waals surface area contributed by atoms with Gasteiger partial charge in [0.25, 0.3) is 6.43 Å². The molecule has 1 aromatic rings. The van der Waals surface area contributed by atoms with Gasteiger partial charge in [0.05, 0.1) is 24.0 Å². The fourth-order valence-corrected chi connectivity index (χ4v) is 1.63. The molecule has 1 rings (SSSR count). The van der Waals surface area contributed by atoms with Crippen molar-refractivity contribution in [3.05, 3.63) is 23.0 Å². The molecule has 0 atom stereocenters. The molecular formula is C9H9ClF2N2O2. The summed E-state index contributed by atoms with van der Waals surface area (Å²) in [6.07, 6.45) is -2.23. The van der Waals surface area contributed by atoms with Crippen LogP contribution in [0.15, 0.2) is 6.20 Å². The highest BCUT2D eigenvalue weighted by Gasteiger charge is 2.21. The van der Waals surface area contributed by atoms with Crippen LogP contribution in [0.2, 0.25) is 0 Å². The van der Waals surface area contributed by atoms with Crippen LogP contribution in [0.4, 0.5) is 14.5 Å². The summed E-state index contributed by atoms with van der Waals surface area (Å²) in [6, 6.07) is 0. The number of carboxylic acid groups (broad SMARTS) is 1. The Balaban J connectivity index is 3.30. The maximum absolute atomic E-state index is 12.7. The summed E-state index contributed by atoms with van der Waals surface area (Å²) in [5, 5.41) is 8.58. The van der Waals surface area contributed by atoms with Crippen molar-refractivity contribution < 1.29 is 18.7 Å². The van der Waals surface area contributed by atoms with Gasteiger partial charge < -0.3 is 10.8 Å². The zero-order valence-electron chi connectivity index (χ0n) is 8.08. The number of halogens is 3. The number of pyridine rings is 1. The average Bonchev–Trinajstić information content (AvgIpc) is 2.18. The summed E-state index contributed by atoms with van der Waals surface area (Å²) >= 11 is 5.51. The van der Waals surface area contributed by atoms with E-state index in [2.05, 4.69) is 4.98 Å². The Kier molecular flexibility index (Phi) is 4.00. The average molecular weight is 251 g/mol. The molecule has 3 N–H and O–H groups in total. The maximum Gasteiger partial charge on any atom is 0.309 e. The number of rotatable bonds is 4. The van der Waals surface area contributed by atoms with E-state index in [-0.39, 0.29) is 22.8 Å². The minimum Gasteiger partial charge on any atom is -0.481 e. The van der Waals surface area contributed by atoms with Crippen molar-refractivity contribution in [1.82, 2.24) is 4.98 Å². The Morgan fingerprint density at radius 1 is 1.62 bits per heavy atom. The Morgan fingerprint density at radius 3 is 2.69 bits per heavy atom. The quantitative estimate of drug-likeness (QED) is 0.801. The normalized spacial score (nSPS) is 10.8. The number of nitrogens with zero attached hydrogens (tertiary/aromatic N) is 1. The third-order valence-electron chi connectivity index (χ3n) is 2.01. The molecule has 0 bridgehead atoms. The van der Waals surface area contributed by atoms with Gasteiger partial charge in [-0.3, -0.25) is 9.78 Å². The molecule has 7 heteroatoms. The zero-order chi connectivity index (χ0) is 12.3. The van der Waals surface area contributed by atoms with Crippen molar-refractivity contribution in [3.8, 4) is 0 Å². The molecule has 0 amide bonds. The lowest BCUT2D eigenvalue weighted by molar-refractivity contribution is -0.136. The van der Waals surface area contributed by atoms with Crippen molar-refractivity contribution in [2.45, 2.75) is 18.7 Å². The van der Waals surface area contributed by atoms with E-state index in [1.807, 2.05) is 0 Å². The highest BCUT2D eigenvalue weighted by atomic mass is 35.5. The molecule has 0 spiro atoms. The lowest BCUT2D eigenvalue weighted by Crippen LogP contribution is -2.10. The molecule has 0 aliphatic carbocycles. The van der Waals surface area contributed by atoms with Gasteiger partial charge in [0.15, 0.2) is 0 Å². The lowest BCUT2D eigenvalue weighted by atomic mass is 10.0. The number of alkyl halides is 3. The first-order valence-electron chi connectivity index (χ1n) is 4.29. The molecule has 0 fully saturated rings. The first kappa shape index (κ1) is 12.6. The van der Waals surface area contributed by atoms with Gasteiger partial charge in [-0.25, -0.2) is 8.78 Å². The van der Waals surface area contributed by atoms with E-state index in [1.54, 1.807) is 0 Å². The summed E-state index contributed by atoms with van der Waals surface area (Å²) in [4.78, 5) is 14.2. The van der Waals surface area contributed by atoms with Gasteiger partial charge >= 0.3 is 5.97 Å². The standard InChI is InChI=1S/C9H9ClF2N2O2/c10-2-4-6(1-7(15)16)14-3-5(13)8(4)9(11)12/h3,9H,1-2,13H2,(H,15,16). The molecule has 1 aromatic heterocycles. The van der Waals surface area contributed by atoms with Crippen LogP contribution in [-0.2, 0) is 17.1 Å². The Labute approximate surface area is 95.0 Å². The SMILES string of the molecule is Nc1cnc(CC(=O)O)c(CCl)c1C(F)F. The summed E-state index contributed by atoms with van der Waals surface area (Å²) in [5.74, 6) is -1.41. The largest absolute Gasteiger partial charge is 0.481 e. The van der Waals surface area contributed by atoms with Crippen LogP contribution >= 0.6 is 11.6 Å². The summed E-state index contributed by atoms with van der Waals surface area (Å²) in [7, 11) is 0. The number of hydrogen-bond donors (Lipinski definition) is 2. The van der Waals surface area contributed by atoms with Crippen molar-refractivity contribution in [2.75, 3.05) is 5.73 Å². The number of aliphatic carboxylic acids is 1. The molecule has 0 saturated carbocycles. The van der Waals surface area contributed by atoms with Crippen molar-refractivity contribution in [1.29, 1.82) is 0 Å². The van der Waals surface area contributed by atoms with Gasteiger partial charge in [-0.05, 0) is 5.56 Å². The number of aromatic nitrogens is 1. The minimum atomic E-state index is -2.80. The van der Waals surface area contributed by atoms with Gasteiger partial charge in [0.1, 0.15) is 0 Å². The van der Waals surface area contributed by atoms with Crippen LogP contribution in [0.5, 0.6) is 0 Å². The van der Waals surface area contributed by atoms with Crippen molar-refractivity contribution in [2.24, 2.45) is 0 Å². The molecule has 1 heterocycles. The van der Waals surface area contributed by atoms with Crippen LogP contribution in [0.1, 0.15) is 23.2 Å². The first-order valence-corrected chi connectivity index (χ1v) is 4.82. The van der Waals surface area contributed by atoms with E-state index < -0.39 is 24.4 Å². The van der Waals surface area contributed by atoms with Crippen LogP contribution in [-0.4, -0.2) is 16.1 Å². The lowest BCUT2D eigenvalue weighted by Gasteiger charge is -2.12. The van der Waals surface area contributed by atoms with Gasteiger partial charge in [-0.15, -0.1) is 11.6 Å². The van der Waals surface area contributed by atoms with E-state index >= 15 is 0 Å². The predicted octanol–water partition coefficient (Wildman–Crippen LogP) is 1.97. The van der Waals surface area contributed by atoms with Crippen LogP contribution in [0.25, 0.3) is 0 Å². The second-order valence-electron chi connectivity index (χ2n) is 3.06. The van der Waals surface area contributed by atoms with Gasteiger partial charge in [-0.1, -0.05) is 0 Å². The number of carboxylic acids is 1. The van der Waals surface area contributed by atoms with E-state index in [4.69, 9.17) is 22.4 Å². The van der Waals surface area contributed by atoms with Crippen molar-refractivity contribution >= 4 is 23.3 Å². The van der Waals surface area contributed by atoms with Crippen LogP contribution in [0, 0.1) is 0 Å². The molecule has 88 valence electrons. The third-order valence-corrected chi connectivity index (χ3v) is 2.28. The fourth-order valence-electron chi connectivity index (χ4n) is 1.33. The second kappa shape index (κ2) is 5.07. The second-order valence-corrected chi connectivity index (χ2v) is 3.32. The molecular weight excluding hydrogens is 242 g/mol. The van der Waals surface area contributed by atoms with E-state index in [0.29, 0.717) is 0 Å². The molecule has 16 heavy (non-hydrogen) atoms. The van der Waals surface area contributed by atoms with Crippen molar-refractivity contribution in [3.63, 3.8) is 0 Å². The number of nitrogens with two attached hydrogens (primary N) is 1. The summed E-state index contributed by atoms with van der Waals surface area (Å²) < 4.78 is 25.4. The molecule has 0 aliphatic rings. The first-order chi connectivity index (χ1) is 7.47. The Bertz CT molecular complexity index is 413. The highest BCUT2D eigenvalue weighted by molar-refractivity contribution is 6.17. The maximum atomic E-state index is 12.7. The molecule has 0 unspecified atom stereocenters. The topological polar surface area (TPSA) is 76.2 Å². The smallest absolute Gasteiger partial charge is 0.309 e. The van der Waals surface area contributed by atoms with Crippen LogP contribution < -0.4 is 5.73 Å². The van der Waals surface area contributed by atoms with E-state index in [1.165, 1.54) is 0 Å². The van der Waals surface area contributed by atoms with E-state index in [9.17, 15) is 13.6 Å². The number of hydrogen-bond acceptors (Lipinski definition) is 3.